The average molecular weight is 369 g/mol. The summed E-state index contributed by atoms with van der Waals surface area (Å²) in [6.07, 6.45) is 2.13. The van der Waals surface area contributed by atoms with Crippen molar-refractivity contribution in [3.05, 3.63) is 34.9 Å². The van der Waals surface area contributed by atoms with Crippen LogP contribution >= 0.6 is 34.7 Å². The standard InChI is InChI=1S/C14H13ClN4O2S2/c15-9-3-1-8(2-4-9)12(21)17-13-18-19-14(23-13)22-7-11(20)16-10-5-6-10/h1-4,10H,5-7H2,(H,16,20)(H,17,18,21). The van der Waals surface area contributed by atoms with Crippen LogP contribution in [0.2, 0.25) is 5.02 Å². The molecule has 2 aromatic rings. The van der Waals surface area contributed by atoms with E-state index >= 15 is 0 Å². The Kier molecular flexibility index (Phi) is 5.14. The minimum Gasteiger partial charge on any atom is -0.353 e. The number of nitrogens with zero attached hydrogens (tertiary/aromatic N) is 2. The molecular formula is C14H13ClN4O2S2. The fourth-order valence-corrected chi connectivity index (χ4v) is 3.40. The van der Waals surface area contributed by atoms with Crippen LogP contribution in [-0.4, -0.2) is 33.8 Å². The van der Waals surface area contributed by atoms with Gasteiger partial charge in [-0.25, -0.2) is 0 Å². The molecule has 1 heterocycles. The molecule has 0 saturated heterocycles. The van der Waals surface area contributed by atoms with E-state index in [0.29, 0.717) is 31.9 Å². The highest BCUT2D eigenvalue weighted by Crippen LogP contribution is 2.26. The van der Waals surface area contributed by atoms with E-state index in [1.165, 1.54) is 23.1 Å². The molecule has 1 saturated carbocycles. The topological polar surface area (TPSA) is 84.0 Å². The molecule has 0 unspecified atom stereocenters. The Morgan fingerprint density at radius 1 is 1.26 bits per heavy atom. The largest absolute Gasteiger partial charge is 0.353 e. The van der Waals surface area contributed by atoms with Gasteiger partial charge in [-0.1, -0.05) is 34.7 Å². The van der Waals surface area contributed by atoms with Crippen LogP contribution in [0.1, 0.15) is 23.2 Å². The third-order valence-corrected chi connectivity index (χ3v) is 5.23. The Labute approximate surface area is 146 Å². The monoisotopic (exact) mass is 368 g/mol. The van der Waals surface area contributed by atoms with Crippen molar-refractivity contribution in [3.63, 3.8) is 0 Å². The van der Waals surface area contributed by atoms with Gasteiger partial charge < -0.3 is 5.32 Å². The van der Waals surface area contributed by atoms with E-state index in [-0.39, 0.29) is 11.8 Å². The lowest BCUT2D eigenvalue weighted by atomic mass is 10.2. The normalized spacial score (nSPS) is 13.6. The molecule has 23 heavy (non-hydrogen) atoms. The summed E-state index contributed by atoms with van der Waals surface area (Å²) in [7, 11) is 0. The van der Waals surface area contributed by atoms with Crippen molar-refractivity contribution in [3.8, 4) is 0 Å². The highest BCUT2D eigenvalue weighted by molar-refractivity contribution is 8.01. The first-order chi connectivity index (χ1) is 11.1. The molecule has 6 nitrogen and oxygen atoms in total. The Balaban J connectivity index is 1.51. The van der Waals surface area contributed by atoms with Crippen molar-refractivity contribution in [2.24, 2.45) is 0 Å². The van der Waals surface area contributed by atoms with E-state index in [1.54, 1.807) is 24.3 Å². The number of benzene rings is 1. The number of amides is 2. The van der Waals surface area contributed by atoms with Crippen LogP contribution < -0.4 is 10.6 Å². The van der Waals surface area contributed by atoms with Crippen LogP contribution in [0.5, 0.6) is 0 Å². The predicted molar refractivity (Wildman–Crippen MR) is 91.2 cm³/mol. The van der Waals surface area contributed by atoms with Gasteiger partial charge in [0.2, 0.25) is 11.0 Å². The highest BCUT2D eigenvalue weighted by atomic mass is 35.5. The number of hydrogen-bond acceptors (Lipinski definition) is 6. The van der Waals surface area contributed by atoms with Gasteiger partial charge in [-0.05, 0) is 37.1 Å². The summed E-state index contributed by atoms with van der Waals surface area (Å²) < 4.78 is 0.641. The maximum Gasteiger partial charge on any atom is 0.257 e. The van der Waals surface area contributed by atoms with Crippen LogP contribution in [0.3, 0.4) is 0 Å². The third-order valence-electron chi connectivity index (χ3n) is 3.00. The predicted octanol–water partition coefficient (Wildman–Crippen LogP) is 2.81. The van der Waals surface area contributed by atoms with Crippen LogP contribution in [0.25, 0.3) is 0 Å². The van der Waals surface area contributed by atoms with Crippen molar-refractivity contribution < 1.29 is 9.59 Å². The first-order valence-electron chi connectivity index (χ1n) is 6.93. The van der Waals surface area contributed by atoms with Gasteiger partial charge >= 0.3 is 0 Å². The number of hydrogen-bond donors (Lipinski definition) is 2. The highest BCUT2D eigenvalue weighted by Gasteiger charge is 2.23. The van der Waals surface area contributed by atoms with E-state index in [9.17, 15) is 9.59 Å². The molecule has 1 aromatic heterocycles. The van der Waals surface area contributed by atoms with E-state index in [0.717, 1.165) is 12.8 Å². The number of carbonyl (C=O) groups is 2. The molecular weight excluding hydrogens is 356 g/mol. The fourth-order valence-electron chi connectivity index (χ4n) is 1.71. The Hall–Kier alpha value is -1.64. The molecule has 1 aromatic carbocycles. The summed E-state index contributed by atoms with van der Waals surface area (Å²) in [6.45, 7) is 0. The maximum atomic E-state index is 12.0. The van der Waals surface area contributed by atoms with Gasteiger partial charge in [0, 0.05) is 16.6 Å². The lowest BCUT2D eigenvalue weighted by molar-refractivity contribution is -0.118. The molecule has 0 aliphatic heterocycles. The number of aromatic nitrogens is 2. The van der Waals surface area contributed by atoms with Gasteiger partial charge in [0.25, 0.3) is 5.91 Å². The zero-order chi connectivity index (χ0) is 16.2. The molecule has 2 amide bonds. The van der Waals surface area contributed by atoms with Crippen molar-refractivity contribution in [2.45, 2.75) is 23.2 Å². The molecule has 1 aliphatic carbocycles. The van der Waals surface area contributed by atoms with Crippen molar-refractivity contribution in [2.75, 3.05) is 11.1 Å². The van der Waals surface area contributed by atoms with Crippen molar-refractivity contribution in [1.29, 1.82) is 0 Å². The second-order valence-corrected chi connectivity index (χ2v) is 7.60. The Morgan fingerprint density at radius 3 is 2.70 bits per heavy atom. The summed E-state index contributed by atoms with van der Waals surface area (Å²) in [5.74, 6) is 0.0243. The van der Waals surface area contributed by atoms with E-state index in [2.05, 4.69) is 20.8 Å². The molecule has 0 radical (unpaired) electrons. The van der Waals surface area contributed by atoms with Gasteiger partial charge in [0.15, 0.2) is 4.34 Å². The third kappa shape index (κ3) is 4.92. The second-order valence-electron chi connectivity index (χ2n) is 4.96. The summed E-state index contributed by atoms with van der Waals surface area (Å²) in [6, 6.07) is 6.92. The average Bonchev–Trinajstić information content (AvgIpc) is 3.23. The molecule has 1 aliphatic rings. The van der Waals surface area contributed by atoms with E-state index < -0.39 is 0 Å². The molecule has 0 atom stereocenters. The van der Waals surface area contributed by atoms with Crippen molar-refractivity contribution >= 4 is 51.6 Å². The van der Waals surface area contributed by atoms with Gasteiger partial charge in [-0.15, -0.1) is 10.2 Å². The molecule has 9 heteroatoms. The van der Waals surface area contributed by atoms with Gasteiger partial charge in [-0.2, -0.15) is 0 Å². The number of thioether (sulfide) groups is 1. The molecule has 0 spiro atoms. The Bertz CT molecular complexity index is 716. The molecule has 0 bridgehead atoms. The van der Waals surface area contributed by atoms with E-state index in [1.807, 2.05) is 0 Å². The fraction of sp³-hybridized carbons (Fsp3) is 0.286. The zero-order valence-corrected chi connectivity index (χ0v) is 14.3. The SMILES string of the molecule is O=C(CSc1nnc(NC(=O)c2ccc(Cl)cc2)s1)NC1CC1. The number of anilines is 1. The molecule has 2 N–H and O–H groups in total. The van der Waals surface area contributed by atoms with Gasteiger partial charge in [0.1, 0.15) is 0 Å². The lowest BCUT2D eigenvalue weighted by Crippen LogP contribution is -2.26. The summed E-state index contributed by atoms with van der Waals surface area (Å²) >= 11 is 8.33. The first-order valence-corrected chi connectivity index (χ1v) is 9.11. The van der Waals surface area contributed by atoms with Gasteiger partial charge in [0.05, 0.1) is 5.75 Å². The minimum absolute atomic E-state index is 0.000509. The van der Waals surface area contributed by atoms with E-state index in [4.69, 9.17) is 11.6 Å². The molecule has 1 fully saturated rings. The summed E-state index contributed by atoms with van der Waals surface area (Å²) in [4.78, 5) is 23.7. The number of halogens is 1. The van der Waals surface area contributed by atoms with Crippen LogP contribution in [0.15, 0.2) is 28.6 Å². The quantitative estimate of drug-likeness (QED) is 0.605. The summed E-state index contributed by atoms with van der Waals surface area (Å²) in [5, 5.41) is 14.4. The lowest BCUT2D eigenvalue weighted by Gasteiger charge is -2.01. The maximum absolute atomic E-state index is 12.0. The summed E-state index contributed by atoms with van der Waals surface area (Å²) in [5.41, 5.74) is 0.489. The first kappa shape index (κ1) is 16.2. The number of nitrogens with one attached hydrogen (secondary N) is 2. The van der Waals surface area contributed by atoms with Crippen LogP contribution in [0.4, 0.5) is 5.13 Å². The van der Waals surface area contributed by atoms with Crippen molar-refractivity contribution in [1.82, 2.24) is 15.5 Å². The zero-order valence-electron chi connectivity index (χ0n) is 11.9. The smallest absolute Gasteiger partial charge is 0.257 e. The second kappa shape index (κ2) is 7.29. The van der Waals surface area contributed by atoms with Crippen LogP contribution in [0, 0.1) is 0 Å². The van der Waals surface area contributed by atoms with Gasteiger partial charge in [-0.3, -0.25) is 14.9 Å². The number of carbonyl (C=O) groups excluding carboxylic acids is 2. The Morgan fingerprint density at radius 2 is 2.00 bits per heavy atom. The molecule has 3 rings (SSSR count). The van der Waals surface area contributed by atoms with Crippen LogP contribution in [-0.2, 0) is 4.79 Å². The minimum atomic E-state index is -0.277. The number of rotatable bonds is 6. The molecule has 120 valence electrons.